The number of nitrogens with two attached hydrogens (primary N) is 1. The Labute approximate surface area is 108 Å². The van der Waals surface area contributed by atoms with Gasteiger partial charge in [-0.05, 0) is 31.5 Å². The van der Waals surface area contributed by atoms with Crippen LogP contribution in [0.3, 0.4) is 0 Å². The van der Waals surface area contributed by atoms with Gasteiger partial charge in [-0.2, -0.15) is 0 Å². The largest absolute Gasteiger partial charge is 0.368 e. The molecular formula is C14H21N3O. The minimum Gasteiger partial charge on any atom is -0.368 e. The molecule has 0 aromatic heterocycles. The number of hydrogen-bond donors (Lipinski definition) is 1. The SMILES string of the molecule is Cc1ccc(N2CCN(C=O)CC2)c(CCN)c1. The molecule has 1 aromatic rings. The molecule has 4 nitrogen and oxygen atoms in total. The van der Waals surface area contributed by atoms with E-state index in [1.165, 1.54) is 16.8 Å². The number of nitrogens with zero attached hydrogens (tertiary/aromatic N) is 2. The predicted octanol–water partition coefficient (Wildman–Crippen LogP) is 0.775. The van der Waals surface area contributed by atoms with Gasteiger partial charge in [0.2, 0.25) is 6.41 Å². The highest BCUT2D eigenvalue weighted by atomic mass is 16.1. The second kappa shape index (κ2) is 5.87. The van der Waals surface area contributed by atoms with Crippen molar-refractivity contribution < 1.29 is 4.79 Å². The Morgan fingerprint density at radius 1 is 1.28 bits per heavy atom. The van der Waals surface area contributed by atoms with Gasteiger partial charge < -0.3 is 15.5 Å². The lowest BCUT2D eigenvalue weighted by atomic mass is 10.0. The van der Waals surface area contributed by atoms with Crippen LogP contribution in [-0.2, 0) is 11.2 Å². The molecule has 2 N–H and O–H groups in total. The highest BCUT2D eigenvalue weighted by molar-refractivity contribution is 5.56. The van der Waals surface area contributed by atoms with Crippen molar-refractivity contribution in [3.63, 3.8) is 0 Å². The molecule has 0 aliphatic carbocycles. The van der Waals surface area contributed by atoms with Crippen molar-refractivity contribution in [3.05, 3.63) is 29.3 Å². The molecule has 98 valence electrons. The average molecular weight is 247 g/mol. The number of amides is 1. The van der Waals surface area contributed by atoms with Gasteiger partial charge in [0.1, 0.15) is 0 Å². The number of piperazine rings is 1. The second-order valence-corrected chi connectivity index (χ2v) is 4.80. The fourth-order valence-corrected chi connectivity index (χ4v) is 2.45. The molecular weight excluding hydrogens is 226 g/mol. The van der Waals surface area contributed by atoms with Crippen LogP contribution in [-0.4, -0.2) is 44.0 Å². The van der Waals surface area contributed by atoms with E-state index in [2.05, 4.69) is 30.0 Å². The molecule has 0 radical (unpaired) electrons. The summed E-state index contributed by atoms with van der Waals surface area (Å²) < 4.78 is 0. The molecule has 0 unspecified atom stereocenters. The Morgan fingerprint density at radius 2 is 2.00 bits per heavy atom. The minimum absolute atomic E-state index is 0.671. The van der Waals surface area contributed by atoms with Crippen molar-refractivity contribution in [2.45, 2.75) is 13.3 Å². The predicted molar refractivity (Wildman–Crippen MR) is 73.8 cm³/mol. The van der Waals surface area contributed by atoms with Gasteiger partial charge in [-0.15, -0.1) is 0 Å². The first-order valence-corrected chi connectivity index (χ1v) is 6.48. The minimum atomic E-state index is 0.671. The molecule has 1 aliphatic rings. The lowest BCUT2D eigenvalue weighted by molar-refractivity contribution is -0.118. The third kappa shape index (κ3) is 2.82. The Morgan fingerprint density at radius 3 is 2.61 bits per heavy atom. The van der Waals surface area contributed by atoms with Crippen molar-refractivity contribution in [3.8, 4) is 0 Å². The van der Waals surface area contributed by atoms with E-state index < -0.39 is 0 Å². The van der Waals surface area contributed by atoms with E-state index in [1.54, 1.807) is 0 Å². The van der Waals surface area contributed by atoms with Crippen LogP contribution in [0.1, 0.15) is 11.1 Å². The van der Waals surface area contributed by atoms with Crippen LogP contribution >= 0.6 is 0 Å². The topological polar surface area (TPSA) is 49.6 Å². The summed E-state index contributed by atoms with van der Waals surface area (Å²) in [6.07, 6.45) is 1.85. The van der Waals surface area contributed by atoms with Crippen molar-refractivity contribution in [2.75, 3.05) is 37.6 Å². The number of carbonyl (C=O) groups is 1. The van der Waals surface area contributed by atoms with E-state index in [4.69, 9.17) is 5.73 Å². The number of rotatable bonds is 4. The lowest BCUT2D eigenvalue weighted by Crippen LogP contribution is -2.46. The van der Waals surface area contributed by atoms with Gasteiger partial charge in [-0.25, -0.2) is 0 Å². The highest BCUT2D eigenvalue weighted by Gasteiger charge is 2.17. The fraction of sp³-hybridized carbons (Fsp3) is 0.500. The number of anilines is 1. The third-order valence-electron chi connectivity index (χ3n) is 3.45. The molecule has 0 saturated carbocycles. The summed E-state index contributed by atoms with van der Waals surface area (Å²) in [6, 6.07) is 6.53. The summed E-state index contributed by atoms with van der Waals surface area (Å²) in [5.41, 5.74) is 9.54. The van der Waals surface area contributed by atoms with Gasteiger partial charge in [0.15, 0.2) is 0 Å². The smallest absolute Gasteiger partial charge is 0.209 e. The standard InChI is InChI=1S/C14H21N3O/c1-12-2-3-14(13(10-12)4-5-15)17-8-6-16(11-18)7-9-17/h2-3,10-11H,4-9,15H2,1H3. The van der Waals surface area contributed by atoms with E-state index in [-0.39, 0.29) is 0 Å². The van der Waals surface area contributed by atoms with E-state index in [1.807, 2.05) is 4.90 Å². The summed E-state index contributed by atoms with van der Waals surface area (Å²) >= 11 is 0. The second-order valence-electron chi connectivity index (χ2n) is 4.80. The van der Waals surface area contributed by atoms with Crippen LogP contribution in [0.5, 0.6) is 0 Å². The van der Waals surface area contributed by atoms with E-state index >= 15 is 0 Å². The molecule has 0 spiro atoms. The molecule has 4 heteroatoms. The Hall–Kier alpha value is -1.55. The number of aryl methyl sites for hydroxylation is 1. The number of hydrogen-bond acceptors (Lipinski definition) is 3. The van der Waals surface area contributed by atoms with Gasteiger partial charge in [0.25, 0.3) is 0 Å². The number of carbonyl (C=O) groups excluding carboxylic acids is 1. The van der Waals surface area contributed by atoms with Crippen molar-refractivity contribution in [2.24, 2.45) is 5.73 Å². The van der Waals surface area contributed by atoms with Crippen molar-refractivity contribution in [1.29, 1.82) is 0 Å². The van der Waals surface area contributed by atoms with Gasteiger partial charge in [-0.3, -0.25) is 4.79 Å². The summed E-state index contributed by atoms with van der Waals surface area (Å²) in [7, 11) is 0. The first-order valence-electron chi connectivity index (χ1n) is 6.48. The Kier molecular flexibility index (Phi) is 4.20. The summed E-state index contributed by atoms with van der Waals surface area (Å²) in [5, 5.41) is 0. The summed E-state index contributed by atoms with van der Waals surface area (Å²) in [6.45, 7) is 6.19. The quantitative estimate of drug-likeness (QED) is 0.800. The van der Waals surface area contributed by atoms with Gasteiger partial charge >= 0.3 is 0 Å². The normalized spacial score (nSPS) is 15.9. The van der Waals surface area contributed by atoms with Gasteiger partial charge in [0.05, 0.1) is 0 Å². The Balaban J connectivity index is 2.15. The molecule has 1 aliphatic heterocycles. The molecule has 1 fully saturated rings. The summed E-state index contributed by atoms with van der Waals surface area (Å²) in [5.74, 6) is 0. The molecule has 1 heterocycles. The van der Waals surface area contributed by atoms with Crippen LogP contribution in [0.2, 0.25) is 0 Å². The van der Waals surface area contributed by atoms with Crippen LogP contribution in [0.25, 0.3) is 0 Å². The number of benzene rings is 1. The maximum Gasteiger partial charge on any atom is 0.209 e. The van der Waals surface area contributed by atoms with Crippen molar-refractivity contribution >= 4 is 12.1 Å². The fourth-order valence-electron chi connectivity index (χ4n) is 2.45. The van der Waals surface area contributed by atoms with Gasteiger partial charge in [0, 0.05) is 31.9 Å². The molecule has 1 saturated heterocycles. The van der Waals surface area contributed by atoms with Crippen LogP contribution < -0.4 is 10.6 Å². The van der Waals surface area contributed by atoms with Crippen LogP contribution in [0, 0.1) is 6.92 Å². The Bertz CT molecular complexity index is 412. The third-order valence-corrected chi connectivity index (χ3v) is 3.45. The van der Waals surface area contributed by atoms with E-state index in [9.17, 15) is 4.79 Å². The zero-order valence-corrected chi connectivity index (χ0v) is 10.9. The summed E-state index contributed by atoms with van der Waals surface area (Å²) in [4.78, 5) is 14.9. The van der Waals surface area contributed by atoms with Crippen LogP contribution in [0.4, 0.5) is 5.69 Å². The zero-order chi connectivity index (χ0) is 13.0. The maximum absolute atomic E-state index is 10.7. The maximum atomic E-state index is 10.7. The molecule has 0 atom stereocenters. The molecule has 1 aromatic carbocycles. The monoisotopic (exact) mass is 247 g/mol. The first-order chi connectivity index (χ1) is 8.74. The van der Waals surface area contributed by atoms with E-state index in [0.717, 1.165) is 39.0 Å². The zero-order valence-electron chi connectivity index (χ0n) is 10.9. The highest BCUT2D eigenvalue weighted by Crippen LogP contribution is 2.23. The molecule has 0 bridgehead atoms. The molecule has 1 amide bonds. The lowest BCUT2D eigenvalue weighted by Gasteiger charge is -2.35. The van der Waals surface area contributed by atoms with E-state index in [0.29, 0.717) is 6.54 Å². The van der Waals surface area contributed by atoms with Crippen molar-refractivity contribution in [1.82, 2.24) is 4.90 Å². The van der Waals surface area contributed by atoms with Crippen LogP contribution in [0.15, 0.2) is 18.2 Å². The molecule has 2 rings (SSSR count). The first kappa shape index (κ1) is 12.9. The van der Waals surface area contributed by atoms with Gasteiger partial charge in [-0.1, -0.05) is 17.7 Å². The average Bonchev–Trinajstić information content (AvgIpc) is 2.40. The molecule has 18 heavy (non-hydrogen) atoms.